The first-order valence-corrected chi connectivity index (χ1v) is 9.76. The average Bonchev–Trinajstić information content (AvgIpc) is 2.72. The number of aliphatic hydroxyl groups excluding tert-OH is 1. The molecule has 1 aromatic carbocycles. The van der Waals surface area contributed by atoms with E-state index in [0.717, 1.165) is 62.0 Å². The van der Waals surface area contributed by atoms with E-state index in [2.05, 4.69) is 20.2 Å². The van der Waals surface area contributed by atoms with Gasteiger partial charge in [-0.2, -0.15) is 13.2 Å². The summed E-state index contributed by atoms with van der Waals surface area (Å²) in [5.74, 6) is 0.831. The lowest BCUT2D eigenvalue weighted by Gasteiger charge is -2.30. The lowest BCUT2D eigenvalue weighted by Crippen LogP contribution is -2.37. The molecule has 2 N–H and O–H groups in total. The number of anilines is 1. The molecule has 0 atom stereocenters. The molecule has 2 aliphatic rings. The van der Waals surface area contributed by atoms with Gasteiger partial charge in [0.05, 0.1) is 23.9 Å². The smallest absolute Gasteiger partial charge is 0.393 e. The number of hydrogen-bond acceptors (Lipinski definition) is 5. The summed E-state index contributed by atoms with van der Waals surface area (Å²) in [6.07, 6.45) is -0.969. The maximum absolute atomic E-state index is 13.3. The summed E-state index contributed by atoms with van der Waals surface area (Å²) in [5.41, 5.74) is 1.34. The molecular formula is C21H23F3N4O. The Bertz CT molecular complexity index is 905. The minimum atomic E-state index is -4.46. The Morgan fingerprint density at radius 2 is 1.97 bits per heavy atom. The summed E-state index contributed by atoms with van der Waals surface area (Å²) in [6, 6.07) is 7.54. The SMILES string of the molecule is OC1CCN(CCC2=NCc3ccc(-c4ncccc4C(F)(F)F)cc3N2)CC1. The minimum Gasteiger partial charge on any atom is -0.393 e. The Kier molecular flexibility index (Phi) is 5.56. The predicted molar refractivity (Wildman–Crippen MR) is 106 cm³/mol. The van der Waals surface area contributed by atoms with Gasteiger partial charge in [-0.25, -0.2) is 0 Å². The Morgan fingerprint density at radius 3 is 2.72 bits per heavy atom. The quantitative estimate of drug-likeness (QED) is 0.811. The van der Waals surface area contributed by atoms with Crippen molar-refractivity contribution < 1.29 is 18.3 Å². The van der Waals surface area contributed by atoms with Gasteiger partial charge in [-0.15, -0.1) is 0 Å². The van der Waals surface area contributed by atoms with Crippen molar-refractivity contribution in [3.05, 3.63) is 47.7 Å². The van der Waals surface area contributed by atoms with Gasteiger partial charge in [0.15, 0.2) is 0 Å². The molecule has 0 radical (unpaired) electrons. The van der Waals surface area contributed by atoms with Crippen LogP contribution in [0.4, 0.5) is 18.9 Å². The number of alkyl halides is 3. The van der Waals surface area contributed by atoms with Gasteiger partial charge in [-0.3, -0.25) is 9.98 Å². The van der Waals surface area contributed by atoms with E-state index >= 15 is 0 Å². The number of nitrogens with zero attached hydrogens (tertiary/aromatic N) is 3. The van der Waals surface area contributed by atoms with Crippen molar-refractivity contribution in [1.29, 1.82) is 0 Å². The molecule has 2 aromatic rings. The largest absolute Gasteiger partial charge is 0.418 e. The van der Waals surface area contributed by atoms with E-state index < -0.39 is 11.7 Å². The van der Waals surface area contributed by atoms with Crippen LogP contribution >= 0.6 is 0 Å². The molecule has 1 fully saturated rings. The highest BCUT2D eigenvalue weighted by Crippen LogP contribution is 2.37. The van der Waals surface area contributed by atoms with Crippen molar-refractivity contribution in [3.8, 4) is 11.3 Å². The van der Waals surface area contributed by atoms with Crippen LogP contribution in [-0.4, -0.2) is 46.6 Å². The summed E-state index contributed by atoms with van der Waals surface area (Å²) < 4.78 is 40.0. The lowest BCUT2D eigenvalue weighted by molar-refractivity contribution is -0.137. The van der Waals surface area contributed by atoms with Gasteiger partial charge in [0.1, 0.15) is 5.84 Å². The van der Waals surface area contributed by atoms with E-state index in [9.17, 15) is 18.3 Å². The van der Waals surface area contributed by atoms with Crippen LogP contribution in [0.15, 0.2) is 41.5 Å². The van der Waals surface area contributed by atoms with Crippen LogP contribution in [0.1, 0.15) is 30.4 Å². The first-order valence-electron chi connectivity index (χ1n) is 9.76. The van der Waals surface area contributed by atoms with E-state index in [4.69, 9.17) is 0 Å². The zero-order chi connectivity index (χ0) is 20.4. The number of rotatable bonds is 4. The number of nitrogens with one attached hydrogen (secondary N) is 1. The Labute approximate surface area is 167 Å². The molecule has 0 unspecified atom stereocenters. The van der Waals surface area contributed by atoms with Crippen molar-refractivity contribution >= 4 is 11.5 Å². The molecule has 1 aromatic heterocycles. The fourth-order valence-electron chi connectivity index (χ4n) is 3.77. The molecule has 0 spiro atoms. The third-order valence-corrected chi connectivity index (χ3v) is 5.44. The van der Waals surface area contributed by atoms with E-state index in [1.807, 2.05) is 0 Å². The number of likely N-dealkylation sites (tertiary alicyclic amines) is 1. The second-order valence-electron chi connectivity index (χ2n) is 7.48. The lowest BCUT2D eigenvalue weighted by atomic mass is 10.0. The molecular weight excluding hydrogens is 381 g/mol. The molecule has 0 bridgehead atoms. The van der Waals surface area contributed by atoms with Crippen LogP contribution < -0.4 is 5.32 Å². The number of aliphatic imine (C=N–C) groups is 1. The summed E-state index contributed by atoms with van der Waals surface area (Å²) in [4.78, 5) is 10.8. The minimum absolute atomic E-state index is 0.0689. The first-order chi connectivity index (χ1) is 13.9. The molecule has 2 aliphatic heterocycles. The van der Waals surface area contributed by atoms with E-state index in [-0.39, 0.29) is 11.8 Å². The molecule has 0 saturated carbocycles. The Hall–Kier alpha value is -2.45. The van der Waals surface area contributed by atoms with Gasteiger partial charge in [-0.05, 0) is 36.6 Å². The molecule has 5 nitrogen and oxygen atoms in total. The van der Waals surface area contributed by atoms with Gasteiger partial charge in [-0.1, -0.05) is 12.1 Å². The van der Waals surface area contributed by atoms with Crippen molar-refractivity contribution in [3.63, 3.8) is 0 Å². The summed E-state index contributed by atoms with van der Waals surface area (Å²) in [6.45, 7) is 3.08. The molecule has 8 heteroatoms. The molecule has 0 amide bonds. The molecule has 0 aliphatic carbocycles. The average molecular weight is 404 g/mol. The van der Waals surface area contributed by atoms with Crippen LogP contribution in [0.5, 0.6) is 0 Å². The van der Waals surface area contributed by atoms with Gasteiger partial charge >= 0.3 is 6.18 Å². The highest BCUT2D eigenvalue weighted by molar-refractivity contribution is 5.98. The first kappa shape index (κ1) is 19.8. The molecule has 154 valence electrons. The maximum Gasteiger partial charge on any atom is 0.418 e. The molecule has 4 rings (SSSR count). The van der Waals surface area contributed by atoms with Gasteiger partial charge in [0.2, 0.25) is 0 Å². The van der Waals surface area contributed by atoms with Gasteiger partial charge in [0, 0.05) is 43.5 Å². The zero-order valence-corrected chi connectivity index (χ0v) is 15.9. The van der Waals surface area contributed by atoms with Crippen molar-refractivity contribution in [2.24, 2.45) is 4.99 Å². The van der Waals surface area contributed by atoms with Crippen LogP contribution in [-0.2, 0) is 12.7 Å². The fourth-order valence-corrected chi connectivity index (χ4v) is 3.77. The molecule has 1 saturated heterocycles. The van der Waals surface area contributed by atoms with Crippen LogP contribution in [0.3, 0.4) is 0 Å². The second kappa shape index (κ2) is 8.12. The summed E-state index contributed by atoms with van der Waals surface area (Å²) in [5, 5.41) is 12.9. The number of amidine groups is 1. The maximum atomic E-state index is 13.3. The third kappa shape index (κ3) is 4.59. The summed E-state index contributed by atoms with van der Waals surface area (Å²) in [7, 11) is 0. The number of aromatic nitrogens is 1. The Balaban J connectivity index is 1.48. The van der Waals surface area contributed by atoms with E-state index in [1.165, 1.54) is 12.3 Å². The highest BCUT2D eigenvalue weighted by atomic mass is 19.4. The summed E-state index contributed by atoms with van der Waals surface area (Å²) >= 11 is 0. The number of benzene rings is 1. The van der Waals surface area contributed by atoms with Gasteiger partial charge < -0.3 is 15.3 Å². The van der Waals surface area contributed by atoms with E-state index in [1.54, 1.807) is 18.2 Å². The highest BCUT2D eigenvalue weighted by Gasteiger charge is 2.34. The van der Waals surface area contributed by atoms with Crippen LogP contribution in [0.25, 0.3) is 11.3 Å². The number of halogens is 3. The van der Waals surface area contributed by atoms with Crippen molar-refractivity contribution in [1.82, 2.24) is 9.88 Å². The normalized spacial score (nSPS) is 18.1. The number of pyridine rings is 1. The third-order valence-electron chi connectivity index (χ3n) is 5.44. The van der Waals surface area contributed by atoms with Crippen LogP contribution in [0, 0.1) is 0 Å². The van der Waals surface area contributed by atoms with Crippen LogP contribution in [0.2, 0.25) is 0 Å². The monoisotopic (exact) mass is 404 g/mol. The number of hydrogen-bond donors (Lipinski definition) is 2. The Morgan fingerprint density at radius 1 is 1.17 bits per heavy atom. The predicted octanol–water partition coefficient (Wildman–Crippen LogP) is 3.94. The number of piperidine rings is 1. The van der Waals surface area contributed by atoms with E-state index in [0.29, 0.717) is 12.1 Å². The number of fused-ring (bicyclic) bond motifs is 1. The molecule has 29 heavy (non-hydrogen) atoms. The number of aliphatic hydroxyl groups is 1. The van der Waals surface area contributed by atoms with Gasteiger partial charge in [0.25, 0.3) is 0 Å². The zero-order valence-electron chi connectivity index (χ0n) is 15.9. The topological polar surface area (TPSA) is 60.8 Å². The molecule has 3 heterocycles. The fraction of sp³-hybridized carbons (Fsp3) is 0.429. The second-order valence-corrected chi connectivity index (χ2v) is 7.48. The van der Waals surface area contributed by atoms with Crippen molar-refractivity contribution in [2.45, 2.75) is 38.1 Å². The van der Waals surface area contributed by atoms with Crippen molar-refractivity contribution in [2.75, 3.05) is 25.0 Å². The standard InChI is InChI=1S/C21H23F3N4O/c22-21(23,24)17-2-1-8-25-20(17)14-3-4-15-13-26-19(27-18(15)12-14)7-11-28-9-5-16(29)6-10-28/h1-4,8,12,16,29H,5-7,9-11,13H2,(H,26,27).